The Labute approximate surface area is 128 Å². The second-order valence-electron chi connectivity index (χ2n) is 4.84. The van der Waals surface area contributed by atoms with Crippen LogP contribution in [0.1, 0.15) is 35.3 Å². The van der Waals surface area contributed by atoms with Crippen molar-refractivity contribution in [1.29, 1.82) is 0 Å². The highest BCUT2D eigenvalue weighted by Crippen LogP contribution is 2.20. The first-order chi connectivity index (χ1) is 10.1. The number of rotatable bonds is 6. The smallest absolute Gasteiger partial charge is 0.275 e. The summed E-state index contributed by atoms with van der Waals surface area (Å²) in [5.41, 5.74) is 6.53. The van der Waals surface area contributed by atoms with Crippen LogP contribution in [0, 0.1) is 0 Å². The topological polar surface area (TPSA) is 77.2 Å². The lowest BCUT2D eigenvalue weighted by Gasteiger charge is -2.06. The van der Waals surface area contributed by atoms with Gasteiger partial charge in [0.25, 0.3) is 5.91 Å². The van der Waals surface area contributed by atoms with Crippen molar-refractivity contribution in [2.75, 3.05) is 18.5 Å². The van der Waals surface area contributed by atoms with Gasteiger partial charge in [-0.3, -0.25) is 4.79 Å². The molecule has 0 spiro atoms. The molecule has 0 fully saturated rings. The van der Waals surface area contributed by atoms with Crippen molar-refractivity contribution >= 4 is 22.9 Å². The van der Waals surface area contributed by atoms with Gasteiger partial charge in [0.1, 0.15) is 18.1 Å². The van der Waals surface area contributed by atoms with E-state index in [0.29, 0.717) is 30.5 Å². The summed E-state index contributed by atoms with van der Waals surface area (Å²) in [6.45, 7) is 5.06. The number of nitrogens with two attached hydrogens (primary N) is 1. The van der Waals surface area contributed by atoms with Crippen molar-refractivity contribution in [3.05, 3.63) is 40.3 Å². The summed E-state index contributed by atoms with van der Waals surface area (Å²) in [5, 5.41) is 5.56. The first-order valence-corrected chi connectivity index (χ1v) is 7.68. The highest BCUT2D eigenvalue weighted by Gasteiger charge is 2.12. The number of carbonyl (C=O) groups is 1. The predicted octanol–water partition coefficient (Wildman–Crippen LogP) is 2.86. The van der Waals surface area contributed by atoms with Crippen molar-refractivity contribution in [1.82, 2.24) is 4.98 Å². The van der Waals surface area contributed by atoms with E-state index in [0.717, 1.165) is 10.8 Å². The van der Waals surface area contributed by atoms with Gasteiger partial charge in [-0.25, -0.2) is 4.98 Å². The standard InChI is InChI=1S/C15H19N3O2S/c1-10(2)15-18-13(9-21-15)14(19)17-11-3-5-12(6-4-11)20-8-7-16/h3-6,9-10H,7-8,16H2,1-2H3,(H,17,19). The summed E-state index contributed by atoms with van der Waals surface area (Å²) in [6, 6.07) is 7.18. The Balaban J connectivity index is 1.98. The molecule has 6 heteroatoms. The molecule has 1 amide bonds. The molecule has 3 N–H and O–H groups in total. The van der Waals surface area contributed by atoms with E-state index < -0.39 is 0 Å². The molecule has 1 aromatic carbocycles. The maximum atomic E-state index is 12.1. The molecule has 112 valence electrons. The fraction of sp³-hybridized carbons (Fsp3) is 0.333. The van der Waals surface area contributed by atoms with Crippen LogP contribution in [0.25, 0.3) is 0 Å². The number of aromatic nitrogens is 1. The molecule has 0 aliphatic rings. The van der Waals surface area contributed by atoms with E-state index in [9.17, 15) is 4.79 Å². The Bertz CT molecular complexity index is 593. The molecule has 0 saturated carbocycles. The number of ether oxygens (including phenoxy) is 1. The Morgan fingerprint density at radius 2 is 2.10 bits per heavy atom. The number of benzene rings is 1. The molecule has 0 aliphatic heterocycles. The number of nitrogens with one attached hydrogen (secondary N) is 1. The van der Waals surface area contributed by atoms with Crippen LogP contribution in [-0.2, 0) is 0 Å². The van der Waals surface area contributed by atoms with Crippen molar-refractivity contribution in [3.8, 4) is 5.75 Å². The van der Waals surface area contributed by atoms with Gasteiger partial charge in [0.2, 0.25) is 0 Å². The van der Waals surface area contributed by atoms with Crippen LogP contribution < -0.4 is 15.8 Å². The Hall–Kier alpha value is -1.92. The number of nitrogens with zero attached hydrogens (tertiary/aromatic N) is 1. The van der Waals surface area contributed by atoms with E-state index in [2.05, 4.69) is 24.1 Å². The zero-order valence-corrected chi connectivity index (χ0v) is 12.9. The number of amides is 1. The van der Waals surface area contributed by atoms with Gasteiger partial charge in [-0.05, 0) is 24.3 Å². The van der Waals surface area contributed by atoms with Crippen LogP contribution in [0.3, 0.4) is 0 Å². The quantitative estimate of drug-likeness (QED) is 0.860. The van der Waals surface area contributed by atoms with Gasteiger partial charge in [0.05, 0.1) is 5.01 Å². The van der Waals surface area contributed by atoms with Gasteiger partial charge >= 0.3 is 0 Å². The van der Waals surface area contributed by atoms with Crippen molar-refractivity contribution in [2.45, 2.75) is 19.8 Å². The third-order valence-corrected chi connectivity index (χ3v) is 3.89. The van der Waals surface area contributed by atoms with E-state index in [-0.39, 0.29) is 5.91 Å². The van der Waals surface area contributed by atoms with Gasteiger partial charge in [-0.1, -0.05) is 13.8 Å². The fourth-order valence-electron chi connectivity index (χ4n) is 1.66. The largest absolute Gasteiger partial charge is 0.492 e. The molecule has 2 rings (SSSR count). The summed E-state index contributed by atoms with van der Waals surface area (Å²) in [7, 11) is 0. The molecule has 0 aliphatic carbocycles. The summed E-state index contributed by atoms with van der Waals surface area (Å²) < 4.78 is 5.38. The summed E-state index contributed by atoms with van der Waals surface area (Å²) in [6.07, 6.45) is 0. The van der Waals surface area contributed by atoms with Crippen LogP contribution in [0.4, 0.5) is 5.69 Å². The van der Waals surface area contributed by atoms with Gasteiger partial charge in [-0.15, -0.1) is 11.3 Å². The third kappa shape index (κ3) is 4.27. The van der Waals surface area contributed by atoms with Crippen molar-refractivity contribution in [2.24, 2.45) is 5.73 Å². The Kier molecular flexibility index (Phi) is 5.30. The molecule has 21 heavy (non-hydrogen) atoms. The zero-order chi connectivity index (χ0) is 15.2. The third-order valence-electron chi connectivity index (χ3n) is 2.75. The van der Waals surface area contributed by atoms with Gasteiger partial charge in [0, 0.05) is 23.5 Å². The van der Waals surface area contributed by atoms with Gasteiger partial charge < -0.3 is 15.8 Å². The summed E-state index contributed by atoms with van der Waals surface area (Å²) in [5.74, 6) is 0.860. The molecule has 0 unspecified atom stereocenters. The number of carbonyl (C=O) groups excluding carboxylic acids is 1. The van der Waals surface area contributed by atoms with E-state index >= 15 is 0 Å². The fourth-order valence-corrected chi connectivity index (χ4v) is 2.48. The number of anilines is 1. The summed E-state index contributed by atoms with van der Waals surface area (Å²) >= 11 is 1.50. The van der Waals surface area contributed by atoms with Crippen LogP contribution >= 0.6 is 11.3 Å². The molecular formula is C15H19N3O2S. The van der Waals surface area contributed by atoms with E-state index in [1.54, 1.807) is 29.6 Å². The normalized spacial score (nSPS) is 10.7. The second kappa shape index (κ2) is 7.19. The number of hydrogen-bond acceptors (Lipinski definition) is 5. The Morgan fingerprint density at radius 1 is 1.38 bits per heavy atom. The average molecular weight is 305 g/mol. The van der Waals surface area contributed by atoms with E-state index in [1.807, 2.05) is 0 Å². The first kappa shape index (κ1) is 15.5. The molecule has 5 nitrogen and oxygen atoms in total. The number of thiazole rings is 1. The minimum Gasteiger partial charge on any atom is -0.492 e. The van der Waals surface area contributed by atoms with Crippen molar-refractivity contribution in [3.63, 3.8) is 0 Å². The lowest BCUT2D eigenvalue weighted by Crippen LogP contribution is -2.13. The molecule has 1 heterocycles. The highest BCUT2D eigenvalue weighted by molar-refractivity contribution is 7.09. The maximum absolute atomic E-state index is 12.1. The van der Waals surface area contributed by atoms with Gasteiger partial charge in [-0.2, -0.15) is 0 Å². The van der Waals surface area contributed by atoms with E-state index in [1.165, 1.54) is 11.3 Å². The van der Waals surface area contributed by atoms with Crippen LogP contribution in [0.15, 0.2) is 29.6 Å². The second-order valence-corrected chi connectivity index (χ2v) is 5.73. The van der Waals surface area contributed by atoms with Crippen LogP contribution in [0.5, 0.6) is 5.75 Å². The molecule has 0 saturated heterocycles. The molecular weight excluding hydrogens is 286 g/mol. The molecule has 1 aromatic heterocycles. The monoisotopic (exact) mass is 305 g/mol. The number of hydrogen-bond donors (Lipinski definition) is 2. The minimum atomic E-state index is -0.200. The average Bonchev–Trinajstić information content (AvgIpc) is 2.97. The molecule has 0 radical (unpaired) electrons. The van der Waals surface area contributed by atoms with Gasteiger partial charge in [0.15, 0.2) is 0 Å². The Morgan fingerprint density at radius 3 is 2.67 bits per heavy atom. The molecule has 2 aromatic rings. The SMILES string of the molecule is CC(C)c1nc(C(=O)Nc2ccc(OCCN)cc2)cs1. The predicted molar refractivity (Wildman–Crippen MR) is 85.1 cm³/mol. The van der Waals surface area contributed by atoms with Crippen LogP contribution in [-0.4, -0.2) is 24.0 Å². The van der Waals surface area contributed by atoms with E-state index in [4.69, 9.17) is 10.5 Å². The van der Waals surface area contributed by atoms with Crippen LogP contribution in [0.2, 0.25) is 0 Å². The molecule has 0 atom stereocenters. The van der Waals surface area contributed by atoms with Crippen molar-refractivity contribution < 1.29 is 9.53 Å². The zero-order valence-electron chi connectivity index (χ0n) is 12.1. The highest BCUT2D eigenvalue weighted by atomic mass is 32.1. The lowest BCUT2D eigenvalue weighted by atomic mass is 10.2. The minimum absolute atomic E-state index is 0.200. The summed E-state index contributed by atoms with van der Waals surface area (Å²) in [4.78, 5) is 16.4. The maximum Gasteiger partial charge on any atom is 0.275 e. The molecule has 0 bridgehead atoms. The first-order valence-electron chi connectivity index (χ1n) is 6.80. The lowest BCUT2D eigenvalue weighted by molar-refractivity contribution is 0.102.